The summed E-state index contributed by atoms with van der Waals surface area (Å²) in [6, 6.07) is 16.7. The molecule has 0 saturated carbocycles. The van der Waals surface area contributed by atoms with E-state index in [1.54, 1.807) is 55.5 Å². The summed E-state index contributed by atoms with van der Waals surface area (Å²) in [7, 11) is 0. The zero-order chi connectivity index (χ0) is 19.4. The van der Waals surface area contributed by atoms with Crippen molar-refractivity contribution in [2.45, 2.75) is 12.5 Å². The van der Waals surface area contributed by atoms with Crippen LogP contribution < -0.4 is 10.1 Å². The molecular formula is C20H16N4O3. The molecule has 0 unspecified atom stereocenters. The van der Waals surface area contributed by atoms with Crippen LogP contribution in [0.15, 0.2) is 48.5 Å². The summed E-state index contributed by atoms with van der Waals surface area (Å²) in [5.74, 6) is 0.150. The largest absolute Gasteiger partial charge is 0.492 e. The third-order valence-corrected chi connectivity index (χ3v) is 4.41. The Kier molecular flexibility index (Phi) is 4.78. The summed E-state index contributed by atoms with van der Waals surface area (Å²) in [4.78, 5) is 26.2. The number of amides is 3. The van der Waals surface area contributed by atoms with Gasteiger partial charge in [-0.1, -0.05) is 12.1 Å². The minimum absolute atomic E-state index is 0.0815. The number of imide groups is 1. The Morgan fingerprint density at radius 3 is 2.44 bits per heavy atom. The highest BCUT2D eigenvalue weighted by Crippen LogP contribution is 2.29. The smallest absolute Gasteiger partial charge is 0.325 e. The van der Waals surface area contributed by atoms with Crippen molar-refractivity contribution in [1.82, 2.24) is 10.2 Å². The van der Waals surface area contributed by atoms with Gasteiger partial charge in [0, 0.05) is 0 Å². The zero-order valence-corrected chi connectivity index (χ0v) is 14.6. The van der Waals surface area contributed by atoms with Crippen LogP contribution in [0.4, 0.5) is 4.79 Å². The predicted octanol–water partition coefficient (Wildman–Crippen LogP) is 2.28. The predicted molar refractivity (Wildman–Crippen MR) is 95.4 cm³/mol. The van der Waals surface area contributed by atoms with Crippen LogP contribution in [0.3, 0.4) is 0 Å². The minimum atomic E-state index is -1.22. The average molecular weight is 360 g/mol. The van der Waals surface area contributed by atoms with E-state index in [0.717, 1.165) is 4.90 Å². The number of rotatable bonds is 5. The first-order valence-corrected chi connectivity index (χ1v) is 8.25. The van der Waals surface area contributed by atoms with E-state index < -0.39 is 17.5 Å². The molecule has 1 heterocycles. The molecule has 0 aliphatic carbocycles. The van der Waals surface area contributed by atoms with Crippen LogP contribution >= 0.6 is 0 Å². The van der Waals surface area contributed by atoms with Crippen molar-refractivity contribution in [2.24, 2.45) is 0 Å². The molecule has 2 aromatic carbocycles. The lowest BCUT2D eigenvalue weighted by Gasteiger charge is -2.22. The molecule has 2 aromatic rings. The van der Waals surface area contributed by atoms with Crippen molar-refractivity contribution in [2.75, 3.05) is 13.2 Å². The Labute approximate surface area is 156 Å². The number of carbonyl (C=O) groups is 2. The van der Waals surface area contributed by atoms with E-state index in [1.807, 2.05) is 12.1 Å². The Morgan fingerprint density at radius 1 is 1.07 bits per heavy atom. The molecule has 134 valence electrons. The average Bonchev–Trinajstić information content (AvgIpc) is 2.92. The number of hydrogen-bond acceptors (Lipinski definition) is 5. The van der Waals surface area contributed by atoms with Crippen molar-refractivity contribution in [3.8, 4) is 17.9 Å². The normalized spacial score (nSPS) is 18.6. The van der Waals surface area contributed by atoms with Gasteiger partial charge in [0.1, 0.15) is 17.9 Å². The van der Waals surface area contributed by atoms with Crippen molar-refractivity contribution in [3.63, 3.8) is 0 Å². The fraction of sp³-hybridized carbons (Fsp3) is 0.200. The molecule has 7 heteroatoms. The molecule has 1 atom stereocenters. The van der Waals surface area contributed by atoms with E-state index >= 15 is 0 Å². The van der Waals surface area contributed by atoms with Gasteiger partial charge in [-0.3, -0.25) is 9.69 Å². The van der Waals surface area contributed by atoms with Gasteiger partial charge in [-0.25, -0.2) is 4.79 Å². The molecule has 1 N–H and O–H groups in total. The Morgan fingerprint density at radius 2 is 1.78 bits per heavy atom. The first-order valence-electron chi connectivity index (χ1n) is 8.25. The van der Waals surface area contributed by atoms with E-state index in [0.29, 0.717) is 22.4 Å². The zero-order valence-electron chi connectivity index (χ0n) is 14.6. The number of nitrogens with zero attached hydrogens (tertiary/aromatic N) is 3. The molecule has 3 amide bonds. The molecule has 0 aromatic heterocycles. The quantitative estimate of drug-likeness (QED) is 0.823. The van der Waals surface area contributed by atoms with Crippen LogP contribution in [0.2, 0.25) is 0 Å². The Bertz CT molecular complexity index is 972. The van der Waals surface area contributed by atoms with Crippen LogP contribution in [0.1, 0.15) is 23.6 Å². The Balaban J connectivity index is 1.68. The molecule has 3 rings (SSSR count). The topological polar surface area (TPSA) is 106 Å². The van der Waals surface area contributed by atoms with E-state index in [-0.39, 0.29) is 13.2 Å². The molecule has 0 radical (unpaired) electrons. The lowest BCUT2D eigenvalue weighted by atomic mass is 9.91. The van der Waals surface area contributed by atoms with Crippen molar-refractivity contribution in [3.05, 3.63) is 65.2 Å². The second kappa shape index (κ2) is 7.19. The molecular weight excluding hydrogens is 344 g/mol. The van der Waals surface area contributed by atoms with E-state index in [1.165, 1.54) is 0 Å². The number of ether oxygens (including phenoxy) is 1. The molecule has 0 bridgehead atoms. The van der Waals surface area contributed by atoms with Gasteiger partial charge in [0.15, 0.2) is 0 Å². The summed E-state index contributed by atoms with van der Waals surface area (Å²) in [5.41, 5.74) is 0.263. The number of urea groups is 1. The molecule has 1 aliphatic heterocycles. The number of benzene rings is 2. The number of nitrogens with one attached hydrogen (secondary N) is 1. The van der Waals surface area contributed by atoms with Crippen molar-refractivity contribution in [1.29, 1.82) is 10.5 Å². The second-order valence-electron chi connectivity index (χ2n) is 6.19. The maximum atomic E-state index is 12.8. The maximum absolute atomic E-state index is 12.8. The van der Waals surface area contributed by atoms with Crippen LogP contribution in [0, 0.1) is 22.7 Å². The SMILES string of the molecule is C[C@@]1(c2cccc(C#N)c2)NC(=O)N(CCOc2ccc(C#N)cc2)C1=O. The lowest BCUT2D eigenvalue weighted by molar-refractivity contribution is -0.131. The van der Waals surface area contributed by atoms with Crippen LogP contribution in [-0.4, -0.2) is 30.0 Å². The molecule has 1 aliphatic rings. The highest BCUT2D eigenvalue weighted by molar-refractivity contribution is 6.07. The summed E-state index contributed by atoms with van der Waals surface area (Å²) in [6.07, 6.45) is 0. The van der Waals surface area contributed by atoms with E-state index in [9.17, 15) is 9.59 Å². The van der Waals surface area contributed by atoms with Gasteiger partial charge in [0.25, 0.3) is 5.91 Å². The highest BCUT2D eigenvalue weighted by Gasteiger charge is 2.48. The fourth-order valence-corrected chi connectivity index (χ4v) is 2.88. The van der Waals surface area contributed by atoms with Crippen LogP contribution in [-0.2, 0) is 10.3 Å². The van der Waals surface area contributed by atoms with E-state index in [2.05, 4.69) is 5.32 Å². The minimum Gasteiger partial charge on any atom is -0.492 e. The number of carbonyl (C=O) groups excluding carboxylic acids is 2. The third-order valence-electron chi connectivity index (χ3n) is 4.41. The molecule has 1 saturated heterocycles. The number of nitriles is 2. The van der Waals surface area contributed by atoms with Gasteiger partial charge >= 0.3 is 6.03 Å². The standard InChI is InChI=1S/C20H16N4O3/c1-20(16-4-2-3-15(11-16)13-22)18(25)24(19(26)23-20)9-10-27-17-7-5-14(12-21)6-8-17/h2-8,11H,9-10H2,1H3,(H,23,26)/t20-/m0/s1. The first kappa shape index (κ1) is 18.0. The third kappa shape index (κ3) is 3.44. The fourth-order valence-electron chi connectivity index (χ4n) is 2.88. The van der Waals surface area contributed by atoms with Crippen LogP contribution in [0.5, 0.6) is 5.75 Å². The molecule has 1 fully saturated rings. The van der Waals surface area contributed by atoms with Crippen LogP contribution in [0.25, 0.3) is 0 Å². The molecule has 27 heavy (non-hydrogen) atoms. The molecule has 0 spiro atoms. The van der Waals surface area contributed by atoms with E-state index in [4.69, 9.17) is 15.3 Å². The van der Waals surface area contributed by atoms with Gasteiger partial charge in [-0.05, 0) is 48.9 Å². The van der Waals surface area contributed by atoms with Gasteiger partial charge in [0.2, 0.25) is 0 Å². The first-order chi connectivity index (χ1) is 13.0. The maximum Gasteiger partial charge on any atom is 0.325 e. The van der Waals surface area contributed by atoms with Crippen molar-refractivity contribution >= 4 is 11.9 Å². The monoisotopic (exact) mass is 360 g/mol. The summed E-state index contributed by atoms with van der Waals surface area (Å²) in [5, 5.41) is 20.5. The molecule has 7 nitrogen and oxygen atoms in total. The van der Waals surface area contributed by atoms with Gasteiger partial charge in [-0.15, -0.1) is 0 Å². The van der Waals surface area contributed by atoms with Gasteiger partial charge in [0.05, 0.1) is 29.8 Å². The van der Waals surface area contributed by atoms with Gasteiger partial charge < -0.3 is 10.1 Å². The summed E-state index contributed by atoms with van der Waals surface area (Å²) in [6.45, 7) is 1.82. The van der Waals surface area contributed by atoms with Gasteiger partial charge in [-0.2, -0.15) is 10.5 Å². The summed E-state index contributed by atoms with van der Waals surface area (Å²) >= 11 is 0. The second-order valence-corrected chi connectivity index (χ2v) is 6.19. The lowest BCUT2D eigenvalue weighted by Crippen LogP contribution is -2.41. The Hall–Kier alpha value is -3.84. The highest BCUT2D eigenvalue weighted by atomic mass is 16.5. The van der Waals surface area contributed by atoms with Crippen molar-refractivity contribution < 1.29 is 14.3 Å². The summed E-state index contributed by atoms with van der Waals surface area (Å²) < 4.78 is 5.55. The number of hydrogen-bond donors (Lipinski definition) is 1.